The van der Waals surface area contributed by atoms with Gasteiger partial charge in [0.1, 0.15) is 12.4 Å². The highest BCUT2D eigenvalue weighted by atomic mass is 79.9. The normalized spacial score (nSPS) is 12.1. The lowest BCUT2D eigenvalue weighted by Crippen LogP contribution is -2.24. The van der Waals surface area contributed by atoms with Gasteiger partial charge in [-0.25, -0.2) is 4.39 Å². The van der Waals surface area contributed by atoms with Crippen molar-refractivity contribution in [3.63, 3.8) is 0 Å². The molecule has 0 aliphatic rings. The van der Waals surface area contributed by atoms with Crippen molar-refractivity contribution in [1.29, 1.82) is 0 Å². The van der Waals surface area contributed by atoms with Crippen LogP contribution in [0.4, 0.5) is 4.39 Å². The van der Waals surface area contributed by atoms with Crippen molar-refractivity contribution in [2.24, 2.45) is 0 Å². The Morgan fingerprint density at radius 1 is 1.23 bits per heavy atom. The van der Waals surface area contributed by atoms with Gasteiger partial charge in [-0.3, -0.25) is 0 Å². The van der Waals surface area contributed by atoms with E-state index in [9.17, 15) is 4.39 Å². The third kappa shape index (κ3) is 5.60. The van der Waals surface area contributed by atoms with E-state index < -0.39 is 0 Å². The van der Waals surface area contributed by atoms with E-state index in [0.717, 1.165) is 23.0 Å². The predicted molar refractivity (Wildman–Crippen MR) is 108 cm³/mol. The van der Waals surface area contributed by atoms with Gasteiger partial charge in [0.25, 0.3) is 0 Å². The standard InChI is InChI=1S/C20H24BrClFNO2/c1-4-13(3)24-11-14-9-16(21)20(19(10-14)25-5-2)26-12-15-17(22)7-6-8-18(15)23/h6-10,13,24H,4-5,11-12H2,1-3H3/t13-/m0/s1. The average molecular weight is 445 g/mol. The molecule has 26 heavy (non-hydrogen) atoms. The lowest BCUT2D eigenvalue weighted by atomic mass is 10.1. The molecule has 142 valence electrons. The summed E-state index contributed by atoms with van der Waals surface area (Å²) >= 11 is 9.62. The maximum absolute atomic E-state index is 14.0. The van der Waals surface area contributed by atoms with Gasteiger partial charge in [0.2, 0.25) is 0 Å². The molecule has 2 aromatic rings. The first-order valence-electron chi connectivity index (χ1n) is 8.70. The molecule has 0 fully saturated rings. The molecule has 0 spiro atoms. The third-order valence-corrected chi connectivity index (χ3v) is 5.00. The van der Waals surface area contributed by atoms with Crippen LogP contribution in [0.5, 0.6) is 11.5 Å². The van der Waals surface area contributed by atoms with E-state index in [1.165, 1.54) is 6.07 Å². The zero-order chi connectivity index (χ0) is 19.1. The van der Waals surface area contributed by atoms with Gasteiger partial charge in [0.15, 0.2) is 11.5 Å². The molecule has 0 aromatic heterocycles. The topological polar surface area (TPSA) is 30.5 Å². The summed E-state index contributed by atoms with van der Waals surface area (Å²) in [7, 11) is 0. The second-order valence-electron chi connectivity index (χ2n) is 6.02. The Balaban J connectivity index is 2.21. The number of benzene rings is 2. The van der Waals surface area contributed by atoms with Crippen LogP contribution in [-0.4, -0.2) is 12.6 Å². The molecule has 0 bridgehead atoms. The van der Waals surface area contributed by atoms with Crippen LogP contribution in [0.25, 0.3) is 0 Å². The van der Waals surface area contributed by atoms with Gasteiger partial charge in [-0.2, -0.15) is 0 Å². The molecular weight excluding hydrogens is 421 g/mol. The van der Waals surface area contributed by atoms with Crippen LogP contribution in [0.1, 0.15) is 38.3 Å². The maximum atomic E-state index is 14.0. The first kappa shape index (κ1) is 21.0. The van der Waals surface area contributed by atoms with Crippen LogP contribution in [0.2, 0.25) is 5.02 Å². The summed E-state index contributed by atoms with van der Waals surface area (Å²) in [5.74, 6) is 0.773. The van der Waals surface area contributed by atoms with Crippen molar-refractivity contribution < 1.29 is 13.9 Å². The van der Waals surface area contributed by atoms with Gasteiger partial charge < -0.3 is 14.8 Å². The van der Waals surface area contributed by atoms with Crippen LogP contribution in [-0.2, 0) is 13.2 Å². The first-order chi connectivity index (χ1) is 12.5. The van der Waals surface area contributed by atoms with Gasteiger partial charge >= 0.3 is 0 Å². The molecule has 0 saturated carbocycles. The summed E-state index contributed by atoms with van der Waals surface area (Å²) < 4.78 is 26.3. The third-order valence-electron chi connectivity index (χ3n) is 4.06. The number of hydrogen-bond donors (Lipinski definition) is 1. The van der Waals surface area contributed by atoms with E-state index in [-0.39, 0.29) is 12.4 Å². The minimum Gasteiger partial charge on any atom is -0.490 e. The second-order valence-corrected chi connectivity index (χ2v) is 7.28. The molecule has 2 rings (SSSR count). The lowest BCUT2D eigenvalue weighted by molar-refractivity contribution is 0.264. The number of rotatable bonds is 9. The number of nitrogens with one attached hydrogen (secondary N) is 1. The monoisotopic (exact) mass is 443 g/mol. The molecule has 0 aliphatic heterocycles. The molecule has 3 nitrogen and oxygen atoms in total. The fourth-order valence-corrected chi connectivity index (χ4v) is 3.20. The Labute approximate surface area is 168 Å². The minimum atomic E-state index is -0.388. The van der Waals surface area contributed by atoms with Gasteiger partial charge in [-0.15, -0.1) is 0 Å². The van der Waals surface area contributed by atoms with Crippen molar-refractivity contribution in [2.45, 2.75) is 46.4 Å². The zero-order valence-electron chi connectivity index (χ0n) is 15.2. The van der Waals surface area contributed by atoms with Crippen molar-refractivity contribution >= 4 is 27.5 Å². The Morgan fingerprint density at radius 2 is 2.00 bits per heavy atom. The van der Waals surface area contributed by atoms with Crippen LogP contribution in [0, 0.1) is 5.82 Å². The lowest BCUT2D eigenvalue weighted by Gasteiger charge is -2.17. The van der Waals surface area contributed by atoms with Gasteiger partial charge in [-0.1, -0.05) is 24.6 Å². The van der Waals surface area contributed by atoms with E-state index in [4.69, 9.17) is 21.1 Å². The highest BCUT2D eigenvalue weighted by molar-refractivity contribution is 9.10. The number of halogens is 3. The van der Waals surface area contributed by atoms with Crippen LogP contribution in [0.15, 0.2) is 34.8 Å². The van der Waals surface area contributed by atoms with Crippen LogP contribution in [0.3, 0.4) is 0 Å². The second kappa shape index (κ2) is 10.1. The average Bonchev–Trinajstić information content (AvgIpc) is 2.61. The van der Waals surface area contributed by atoms with Gasteiger partial charge in [0.05, 0.1) is 16.1 Å². The summed E-state index contributed by atoms with van der Waals surface area (Å²) in [4.78, 5) is 0. The number of hydrogen-bond acceptors (Lipinski definition) is 3. The Hall–Kier alpha value is -1.30. The highest BCUT2D eigenvalue weighted by Gasteiger charge is 2.15. The quantitative estimate of drug-likeness (QED) is 0.506. The van der Waals surface area contributed by atoms with E-state index in [2.05, 4.69) is 35.1 Å². The van der Waals surface area contributed by atoms with E-state index in [1.807, 2.05) is 19.1 Å². The Bertz CT molecular complexity index is 722. The van der Waals surface area contributed by atoms with E-state index in [1.54, 1.807) is 12.1 Å². The van der Waals surface area contributed by atoms with Gasteiger partial charge in [-0.05, 0) is 66.0 Å². The van der Waals surface area contributed by atoms with Crippen LogP contribution < -0.4 is 14.8 Å². The highest BCUT2D eigenvalue weighted by Crippen LogP contribution is 2.38. The fraction of sp³-hybridized carbons (Fsp3) is 0.400. The summed E-state index contributed by atoms with van der Waals surface area (Å²) in [6.07, 6.45) is 1.06. The summed E-state index contributed by atoms with van der Waals surface area (Å²) in [6, 6.07) is 8.95. The Kier molecular flexibility index (Phi) is 8.19. The molecule has 0 unspecified atom stereocenters. The zero-order valence-corrected chi connectivity index (χ0v) is 17.6. The van der Waals surface area contributed by atoms with Gasteiger partial charge in [0, 0.05) is 18.2 Å². The molecule has 0 radical (unpaired) electrons. The smallest absolute Gasteiger partial charge is 0.175 e. The Morgan fingerprint density at radius 3 is 2.65 bits per heavy atom. The van der Waals surface area contributed by atoms with Crippen molar-refractivity contribution in [2.75, 3.05) is 6.61 Å². The maximum Gasteiger partial charge on any atom is 0.175 e. The molecule has 0 heterocycles. The fourth-order valence-electron chi connectivity index (χ4n) is 2.38. The first-order valence-corrected chi connectivity index (χ1v) is 9.87. The SMILES string of the molecule is CCOc1cc(CN[C@@H](C)CC)cc(Br)c1OCc1c(F)cccc1Cl. The molecule has 2 aromatic carbocycles. The molecule has 0 amide bonds. The molecular formula is C20H24BrClFNO2. The molecule has 6 heteroatoms. The number of ether oxygens (including phenoxy) is 2. The largest absolute Gasteiger partial charge is 0.490 e. The van der Waals surface area contributed by atoms with E-state index in [0.29, 0.717) is 34.7 Å². The van der Waals surface area contributed by atoms with E-state index >= 15 is 0 Å². The predicted octanol–water partition coefficient (Wildman–Crippen LogP) is 6.11. The summed E-state index contributed by atoms with van der Waals surface area (Å²) in [5.41, 5.74) is 1.41. The molecule has 1 N–H and O–H groups in total. The van der Waals surface area contributed by atoms with Crippen molar-refractivity contribution in [3.05, 3.63) is 56.8 Å². The van der Waals surface area contributed by atoms with Crippen LogP contribution >= 0.6 is 27.5 Å². The molecule has 0 aliphatic carbocycles. The molecule has 1 atom stereocenters. The van der Waals surface area contributed by atoms with Crippen molar-refractivity contribution in [3.8, 4) is 11.5 Å². The molecule has 0 saturated heterocycles. The minimum absolute atomic E-state index is 0.0225. The summed E-state index contributed by atoms with van der Waals surface area (Å²) in [6.45, 7) is 7.46. The van der Waals surface area contributed by atoms with Crippen molar-refractivity contribution in [1.82, 2.24) is 5.32 Å². The summed E-state index contributed by atoms with van der Waals surface area (Å²) in [5, 5.41) is 3.79.